The average Bonchev–Trinajstić information content (AvgIpc) is 3.25. The summed E-state index contributed by atoms with van der Waals surface area (Å²) >= 11 is 0. The Morgan fingerprint density at radius 3 is 2.71 bits per heavy atom. The molecule has 4 rings (SSSR count). The highest BCUT2D eigenvalue weighted by atomic mass is 16.5. The molecule has 146 valence electrons. The number of ether oxygens (including phenoxy) is 1. The van der Waals surface area contributed by atoms with Gasteiger partial charge in [-0.3, -0.25) is 9.48 Å². The van der Waals surface area contributed by atoms with E-state index in [1.54, 1.807) is 13.0 Å². The molecule has 2 aromatic heterocycles. The maximum absolute atomic E-state index is 13.0. The fourth-order valence-electron chi connectivity index (χ4n) is 3.80. The number of aryl methyl sites for hydroxylation is 2. The SMILES string of the molecule is Cc1cc(C(=O)N2CCOC[C@@H]2c2c(C)nn(Cc3ccccc3)c2C)on1. The van der Waals surface area contributed by atoms with E-state index in [1.807, 2.05) is 41.6 Å². The van der Waals surface area contributed by atoms with Crippen LogP contribution in [0, 0.1) is 20.8 Å². The Morgan fingerprint density at radius 2 is 2.00 bits per heavy atom. The lowest BCUT2D eigenvalue weighted by atomic mass is 10.0. The first kappa shape index (κ1) is 18.4. The van der Waals surface area contributed by atoms with Crippen LogP contribution in [0.5, 0.6) is 0 Å². The highest BCUT2D eigenvalue weighted by Gasteiger charge is 2.34. The summed E-state index contributed by atoms with van der Waals surface area (Å²) in [5, 5.41) is 8.58. The van der Waals surface area contributed by atoms with Gasteiger partial charge in [0.15, 0.2) is 0 Å². The summed E-state index contributed by atoms with van der Waals surface area (Å²) in [7, 11) is 0. The zero-order chi connectivity index (χ0) is 19.7. The van der Waals surface area contributed by atoms with Gasteiger partial charge >= 0.3 is 0 Å². The first-order valence-corrected chi connectivity index (χ1v) is 9.44. The minimum Gasteiger partial charge on any atom is -0.377 e. The molecular weight excluding hydrogens is 356 g/mol. The van der Waals surface area contributed by atoms with Crippen molar-refractivity contribution in [3.05, 3.63) is 70.4 Å². The Labute approximate surface area is 163 Å². The second kappa shape index (κ2) is 7.59. The first-order valence-electron chi connectivity index (χ1n) is 9.44. The Bertz CT molecular complexity index is 977. The second-order valence-corrected chi connectivity index (χ2v) is 7.15. The minimum atomic E-state index is -0.198. The molecule has 1 amide bonds. The van der Waals surface area contributed by atoms with Gasteiger partial charge in [0.1, 0.15) is 0 Å². The molecule has 3 aromatic rings. The van der Waals surface area contributed by atoms with Gasteiger partial charge in [-0.1, -0.05) is 35.5 Å². The predicted molar refractivity (Wildman–Crippen MR) is 103 cm³/mol. The van der Waals surface area contributed by atoms with E-state index in [0.29, 0.717) is 32.0 Å². The van der Waals surface area contributed by atoms with Crippen molar-refractivity contribution in [1.29, 1.82) is 0 Å². The number of carbonyl (C=O) groups is 1. The highest BCUT2D eigenvalue weighted by molar-refractivity contribution is 5.92. The maximum atomic E-state index is 13.0. The summed E-state index contributed by atoms with van der Waals surface area (Å²) in [6.45, 7) is 7.98. The molecule has 0 aliphatic carbocycles. The normalized spacial score (nSPS) is 17.1. The Kier molecular flexibility index (Phi) is 5.00. The van der Waals surface area contributed by atoms with Crippen molar-refractivity contribution in [2.45, 2.75) is 33.4 Å². The van der Waals surface area contributed by atoms with Crippen LogP contribution in [0.4, 0.5) is 0 Å². The van der Waals surface area contributed by atoms with Gasteiger partial charge in [-0.05, 0) is 26.3 Å². The Morgan fingerprint density at radius 1 is 1.21 bits per heavy atom. The van der Waals surface area contributed by atoms with E-state index < -0.39 is 0 Å². The molecule has 1 saturated heterocycles. The lowest BCUT2D eigenvalue weighted by Gasteiger charge is -2.35. The molecule has 1 atom stereocenters. The number of rotatable bonds is 4. The second-order valence-electron chi connectivity index (χ2n) is 7.15. The van der Waals surface area contributed by atoms with E-state index >= 15 is 0 Å². The molecule has 1 aliphatic rings. The van der Waals surface area contributed by atoms with Gasteiger partial charge in [-0.25, -0.2) is 0 Å². The lowest BCUT2D eigenvalue weighted by molar-refractivity contribution is -0.00500. The molecule has 7 nitrogen and oxygen atoms in total. The number of morpholine rings is 1. The molecule has 0 bridgehead atoms. The van der Waals surface area contributed by atoms with E-state index in [4.69, 9.17) is 14.4 Å². The molecule has 7 heteroatoms. The van der Waals surface area contributed by atoms with Gasteiger partial charge in [0.2, 0.25) is 5.76 Å². The molecule has 1 fully saturated rings. The minimum absolute atomic E-state index is 0.163. The van der Waals surface area contributed by atoms with Gasteiger partial charge in [-0.2, -0.15) is 5.10 Å². The third-order valence-corrected chi connectivity index (χ3v) is 5.17. The molecule has 28 heavy (non-hydrogen) atoms. The number of nitrogens with zero attached hydrogens (tertiary/aromatic N) is 4. The van der Waals surface area contributed by atoms with Crippen molar-refractivity contribution >= 4 is 5.91 Å². The van der Waals surface area contributed by atoms with E-state index in [1.165, 1.54) is 5.56 Å². The molecular formula is C21H24N4O3. The largest absolute Gasteiger partial charge is 0.377 e. The molecule has 0 unspecified atom stereocenters. The summed E-state index contributed by atoms with van der Waals surface area (Å²) in [6.07, 6.45) is 0. The fourth-order valence-corrected chi connectivity index (χ4v) is 3.80. The maximum Gasteiger partial charge on any atom is 0.293 e. The van der Waals surface area contributed by atoms with Crippen molar-refractivity contribution in [2.24, 2.45) is 0 Å². The summed E-state index contributed by atoms with van der Waals surface area (Å²) < 4.78 is 12.9. The van der Waals surface area contributed by atoms with Gasteiger partial charge < -0.3 is 14.2 Å². The van der Waals surface area contributed by atoms with E-state index in [0.717, 1.165) is 17.0 Å². The average molecular weight is 380 g/mol. The number of amides is 1. The zero-order valence-electron chi connectivity index (χ0n) is 16.4. The Balaban J connectivity index is 1.65. The van der Waals surface area contributed by atoms with Crippen LogP contribution >= 0.6 is 0 Å². The van der Waals surface area contributed by atoms with Crippen molar-refractivity contribution in [1.82, 2.24) is 19.8 Å². The number of benzene rings is 1. The molecule has 0 radical (unpaired) electrons. The highest BCUT2D eigenvalue weighted by Crippen LogP contribution is 2.31. The summed E-state index contributed by atoms with van der Waals surface area (Å²) in [6, 6.07) is 11.7. The van der Waals surface area contributed by atoms with Crippen LogP contribution in [0.3, 0.4) is 0 Å². The molecule has 1 aromatic carbocycles. The summed E-state index contributed by atoms with van der Waals surface area (Å²) in [5.41, 5.74) is 4.87. The van der Waals surface area contributed by atoms with Gasteiger partial charge in [0.25, 0.3) is 5.91 Å². The van der Waals surface area contributed by atoms with Crippen LogP contribution < -0.4 is 0 Å². The third kappa shape index (κ3) is 3.45. The fraction of sp³-hybridized carbons (Fsp3) is 0.381. The van der Waals surface area contributed by atoms with Gasteiger partial charge in [0.05, 0.1) is 37.2 Å². The molecule has 1 aliphatic heterocycles. The number of hydrogen-bond donors (Lipinski definition) is 0. The molecule has 0 saturated carbocycles. The van der Waals surface area contributed by atoms with E-state index in [2.05, 4.69) is 17.3 Å². The van der Waals surface area contributed by atoms with Crippen molar-refractivity contribution in [3.8, 4) is 0 Å². The smallest absolute Gasteiger partial charge is 0.293 e. The summed E-state index contributed by atoms with van der Waals surface area (Å²) in [4.78, 5) is 14.8. The van der Waals surface area contributed by atoms with Crippen LogP contribution in [-0.2, 0) is 11.3 Å². The van der Waals surface area contributed by atoms with Crippen molar-refractivity contribution in [3.63, 3.8) is 0 Å². The van der Waals surface area contributed by atoms with Crippen LogP contribution in [0.15, 0.2) is 40.9 Å². The van der Waals surface area contributed by atoms with E-state index in [9.17, 15) is 4.79 Å². The van der Waals surface area contributed by atoms with Gasteiger partial charge in [-0.15, -0.1) is 0 Å². The number of aromatic nitrogens is 3. The predicted octanol–water partition coefficient (Wildman–Crippen LogP) is 3.06. The topological polar surface area (TPSA) is 73.4 Å². The quantitative estimate of drug-likeness (QED) is 0.695. The molecule has 3 heterocycles. The van der Waals surface area contributed by atoms with E-state index in [-0.39, 0.29) is 17.7 Å². The first-order chi connectivity index (χ1) is 13.5. The van der Waals surface area contributed by atoms with Gasteiger partial charge in [0, 0.05) is 23.9 Å². The standard InChI is InChI=1S/C21H24N4O3/c1-14-11-19(28-23-14)21(26)24-9-10-27-13-18(24)20-15(2)22-25(16(20)3)12-17-7-5-4-6-8-17/h4-8,11,18H,9-10,12-13H2,1-3H3/t18-/m1/s1. The third-order valence-electron chi connectivity index (χ3n) is 5.17. The zero-order valence-corrected chi connectivity index (χ0v) is 16.4. The Hall–Kier alpha value is -2.93. The van der Waals surface area contributed by atoms with Crippen LogP contribution in [0.25, 0.3) is 0 Å². The van der Waals surface area contributed by atoms with Crippen LogP contribution in [-0.4, -0.2) is 45.5 Å². The molecule has 0 N–H and O–H groups in total. The van der Waals surface area contributed by atoms with Crippen molar-refractivity contribution < 1.29 is 14.1 Å². The number of hydrogen-bond acceptors (Lipinski definition) is 5. The van der Waals surface area contributed by atoms with Crippen LogP contribution in [0.1, 0.15) is 44.8 Å². The number of carbonyl (C=O) groups excluding carboxylic acids is 1. The monoisotopic (exact) mass is 380 g/mol. The van der Waals surface area contributed by atoms with Crippen LogP contribution in [0.2, 0.25) is 0 Å². The van der Waals surface area contributed by atoms with Crippen molar-refractivity contribution in [2.75, 3.05) is 19.8 Å². The lowest BCUT2D eigenvalue weighted by Crippen LogP contribution is -2.43. The molecule has 0 spiro atoms. The summed E-state index contributed by atoms with van der Waals surface area (Å²) in [5.74, 6) is 0.0971.